The minimum Gasteiger partial charge on any atom is -0.316 e. The number of anilines is 1. The molecule has 8 heteroatoms. The highest BCUT2D eigenvalue weighted by molar-refractivity contribution is 7.92. The van der Waals surface area contributed by atoms with Gasteiger partial charge in [-0.1, -0.05) is 6.92 Å². The molecule has 18 heavy (non-hydrogen) atoms. The summed E-state index contributed by atoms with van der Waals surface area (Å²) in [6.45, 7) is 2.57. The van der Waals surface area contributed by atoms with Gasteiger partial charge in [0.2, 0.25) is 10.0 Å². The second-order valence-corrected chi connectivity index (χ2v) is 5.34. The van der Waals surface area contributed by atoms with Crippen LogP contribution in [-0.4, -0.2) is 27.3 Å². The Balaban J connectivity index is 2.82. The first-order valence-corrected chi connectivity index (χ1v) is 6.87. The third-order valence-corrected chi connectivity index (χ3v) is 3.37. The van der Waals surface area contributed by atoms with Crippen LogP contribution in [0.4, 0.5) is 18.9 Å². The zero-order chi connectivity index (χ0) is 13.8. The first-order chi connectivity index (χ1) is 8.37. The van der Waals surface area contributed by atoms with E-state index in [4.69, 9.17) is 0 Å². The van der Waals surface area contributed by atoms with Crippen LogP contribution >= 0.6 is 0 Å². The maximum absolute atomic E-state index is 13.2. The average molecular weight is 282 g/mol. The fourth-order valence-corrected chi connectivity index (χ4v) is 2.21. The van der Waals surface area contributed by atoms with Crippen LogP contribution in [0.25, 0.3) is 0 Å². The molecular formula is C10H13F3N2O2S. The summed E-state index contributed by atoms with van der Waals surface area (Å²) in [5, 5.41) is 2.78. The van der Waals surface area contributed by atoms with E-state index in [-0.39, 0.29) is 12.3 Å². The minimum atomic E-state index is -3.80. The van der Waals surface area contributed by atoms with Gasteiger partial charge in [-0.15, -0.1) is 0 Å². The lowest BCUT2D eigenvalue weighted by Gasteiger charge is -2.09. The summed E-state index contributed by atoms with van der Waals surface area (Å²) in [5.41, 5.74) is -0.606. The molecule has 1 aromatic rings. The van der Waals surface area contributed by atoms with E-state index in [1.807, 2.05) is 4.72 Å². The van der Waals surface area contributed by atoms with E-state index in [0.717, 1.165) is 6.07 Å². The van der Waals surface area contributed by atoms with Crippen LogP contribution in [0, 0.1) is 17.5 Å². The van der Waals surface area contributed by atoms with Crippen molar-refractivity contribution in [3.05, 3.63) is 29.6 Å². The molecule has 0 aliphatic carbocycles. The molecule has 0 atom stereocenters. The Kier molecular flexibility index (Phi) is 4.97. The van der Waals surface area contributed by atoms with Gasteiger partial charge >= 0.3 is 0 Å². The summed E-state index contributed by atoms with van der Waals surface area (Å²) in [5.74, 6) is -4.92. The molecule has 1 rings (SSSR count). The molecule has 0 spiro atoms. The molecule has 0 radical (unpaired) electrons. The van der Waals surface area contributed by atoms with Crippen LogP contribution < -0.4 is 10.0 Å². The van der Waals surface area contributed by atoms with Gasteiger partial charge in [0.15, 0.2) is 17.5 Å². The van der Waals surface area contributed by atoms with Gasteiger partial charge in [0, 0.05) is 6.54 Å². The second-order valence-electron chi connectivity index (χ2n) is 3.50. The van der Waals surface area contributed by atoms with Gasteiger partial charge in [0.1, 0.15) is 0 Å². The van der Waals surface area contributed by atoms with Crippen molar-refractivity contribution in [2.75, 3.05) is 23.6 Å². The lowest BCUT2D eigenvalue weighted by molar-refractivity contribution is 0.449. The zero-order valence-corrected chi connectivity index (χ0v) is 10.5. The summed E-state index contributed by atoms with van der Waals surface area (Å²) < 4.78 is 63.6. The van der Waals surface area contributed by atoms with E-state index in [2.05, 4.69) is 5.32 Å². The Hall–Kier alpha value is -1.28. The van der Waals surface area contributed by atoms with Crippen LogP contribution in [0.15, 0.2) is 12.1 Å². The van der Waals surface area contributed by atoms with E-state index in [1.54, 1.807) is 6.92 Å². The lowest BCUT2D eigenvalue weighted by atomic mass is 10.3. The highest BCUT2D eigenvalue weighted by Gasteiger charge is 2.17. The van der Waals surface area contributed by atoms with Crippen molar-refractivity contribution >= 4 is 15.7 Å². The van der Waals surface area contributed by atoms with E-state index in [9.17, 15) is 21.6 Å². The number of benzene rings is 1. The average Bonchev–Trinajstić information content (AvgIpc) is 2.30. The molecule has 0 aliphatic heterocycles. The van der Waals surface area contributed by atoms with Crippen molar-refractivity contribution in [3.63, 3.8) is 0 Å². The predicted octanol–water partition coefficient (Wildman–Crippen LogP) is 1.46. The minimum absolute atomic E-state index is 0.178. The van der Waals surface area contributed by atoms with Gasteiger partial charge in [-0.2, -0.15) is 0 Å². The normalized spacial score (nSPS) is 11.6. The maximum Gasteiger partial charge on any atom is 0.234 e. The number of hydrogen-bond donors (Lipinski definition) is 2. The molecule has 2 N–H and O–H groups in total. The molecule has 0 heterocycles. The molecule has 4 nitrogen and oxygen atoms in total. The molecule has 0 aliphatic rings. The molecule has 0 fully saturated rings. The first-order valence-electron chi connectivity index (χ1n) is 5.22. The van der Waals surface area contributed by atoms with Crippen molar-refractivity contribution < 1.29 is 21.6 Å². The van der Waals surface area contributed by atoms with Crippen molar-refractivity contribution in [2.24, 2.45) is 0 Å². The van der Waals surface area contributed by atoms with E-state index >= 15 is 0 Å². The fourth-order valence-electron chi connectivity index (χ4n) is 1.21. The molecule has 0 saturated heterocycles. The molecule has 102 valence electrons. The maximum atomic E-state index is 13.2. The standard InChI is InChI=1S/C10H13F3N2O2S/c1-2-14-5-6-18(16,17)15-8-4-3-7(11)9(12)10(8)13/h3-4,14-15H,2,5-6H2,1H3. The highest BCUT2D eigenvalue weighted by Crippen LogP contribution is 2.20. The molecule has 0 aromatic heterocycles. The summed E-state index contributed by atoms with van der Waals surface area (Å²) in [6.07, 6.45) is 0. The molecule has 0 saturated carbocycles. The fraction of sp³-hybridized carbons (Fsp3) is 0.400. The van der Waals surface area contributed by atoms with E-state index in [0.29, 0.717) is 12.6 Å². The summed E-state index contributed by atoms with van der Waals surface area (Å²) in [4.78, 5) is 0. The van der Waals surface area contributed by atoms with Gasteiger partial charge in [-0.3, -0.25) is 4.72 Å². The van der Waals surface area contributed by atoms with E-state index < -0.39 is 33.2 Å². The Morgan fingerprint density at radius 1 is 1.17 bits per heavy atom. The smallest absolute Gasteiger partial charge is 0.234 e. The Morgan fingerprint density at radius 2 is 1.83 bits per heavy atom. The third-order valence-electron chi connectivity index (χ3n) is 2.10. The van der Waals surface area contributed by atoms with Crippen LogP contribution in [0.5, 0.6) is 0 Å². The van der Waals surface area contributed by atoms with Gasteiger partial charge in [-0.05, 0) is 18.7 Å². The first kappa shape index (κ1) is 14.8. The summed E-state index contributed by atoms with van der Waals surface area (Å²) >= 11 is 0. The van der Waals surface area contributed by atoms with Crippen LogP contribution in [0.2, 0.25) is 0 Å². The monoisotopic (exact) mass is 282 g/mol. The highest BCUT2D eigenvalue weighted by atomic mass is 32.2. The SMILES string of the molecule is CCNCCS(=O)(=O)Nc1ccc(F)c(F)c1F. The third kappa shape index (κ3) is 3.88. The number of halogens is 3. The van der Waals surface area contributed by atoms with Crippen molar-refractivity contribution in [1.82, 2.24) is 5.32 Å². The molecule has 0 bridgehead atoms. The van der Waals surface area contributed by atoms with Gasteiger partial charge < -0.3 is 5.32 Å². The Bertz CT molecular complexity index is 520. The largest absolute Gasteiger partial charge is 0.316 e. The number of rotatable bonds is 6. The number of sulfonamides is 1. The van der Waals surface area contributed by atoms with Crippen molar-refractivity contribution in [2.45, 2.75) is 6.92 Å². The predicted molar refractivity (Wildman–Crippen MR) is 62.3 cm³/mol. The summed E-state index contributed by atoms with van der Waals surface area (Å²) in [7, 11) is -3.80. The Morgan fingerprint density at radius 3 is 2.44 bits per heavy atom. The quantitative estimate of drug-likeness (QED) is 0.613. The van der Waals surface area contributed by atoms with Crippen LogP contribution in [0.1, 0.15) is 6.92 Å². The number of hydrogen-bond acceptors (Lipinski definition) is 3. The second kappa shape index (κ2) is 6.05. The topological polar surface area (TPSA) is 58.2 Å². The lowest BCUT2D eigenvalue weighted by Crippen LogP contribution is -2.27. The zero-order valence-electron chi connectivity index (χ0n) is 9.63. The number of nitrogens with one attached hydrogen (secondary N) is 2. The molecular weight excluding hydrogens is 269 g/mol. The van der Waals surface area contributed by atoms with Crippen LogP contribution in [-0.2, 0) is 10.0 Å². The van der Waals surface area contributed by atoms with Crippen LogP contribution in [0.3, 0.4) is 0 Å². The molecule has 0 amide bonds. The van der Waals surface area contributed by atoms with Gasteiger partial charge in [-0.25, -0.2) is 21.6 Å². The van der Waals surface area contributed by atoms with Crippen molar-refractivity contribution in [3.8, 4) is 0 Å². The van der Waals surface area contributed by atoms with Gasteiger partial charge in [0.25, 0.3) is 0 Å². The summed E-state index contributed by atoms with van der Waals surface area (Å²) in [6, 6.07) is 1.49. The van der Waals surface area contributed by atoms with Crippen molar-refractivity contribution in [1.29, 1.82) is 0 Å². The molecule has 0 unspecified atom stereocenters. The molecule has 1 aromatic carbocycles. The van der Waals surface area contributed by atoms with Gasteiger partial charge in [0.05, 0.1) is 11.4 Å². The van der Waals surface area contributed by atoms with E-state index in [1.165, 1.54) is 0 Å². The Labute approximate surface area is 103 Å².